The Labute approximate surface area is 224 Å². The highest BCUT2D eigenvalue weighted by molar-refractivity contribution is 5.95. The van der Waals surface area contributed by atoms with Crippen LogP contribution in [0.3, 0.4) is 0 Å². The van der Waals surface area contributed by atoms with Crippen molar-refractivity contribution in [1.29, 1.82) is 0 Å². The van der Waals surface area contributed by atoms with Gasteiger partial charge in [0.1, 0.15) is 5.75 Å². The molecule has 0 aliphatic carbocycles. The maximum absolute atomic E-state index is 13.3. The second-order valence-electron chi connectivity index (χ2n) is 9.42. The molecule has 0 radical (unpaired) electrons. The van der Waals surface area contributed by atoms with Crippen LogP contribution in [0, 0.1) is 6.92 Å². The molecule has 9 nitrogen and oxygen atoms in total. The smallest absolute Gasteiger partial charge is 0.338 e. The lowest BCUT2D eigenvalue weighted by molar-refractivity contribution is -0.139. The number of methoxy groups -OCH3 is 1. The quantitative estimate of drug-likeness (QED) is 0.537. The fourth-order valence-corrected chi connectivity index (χ4v) is 4.93. The van der Waals surface area contributed by atoms with Gasteiger partial charge in [-0.15, -0.1) is 0 Å². The van der Waals surface area contributed by atoms with Crippen molar-refractivity contribution in [2.75, 3.05) is 53.0 Å². The zero-order chi connectivity index (χ0) is 27.2. The first-order chi connectivity index (χ1) is 18.4. The zero-order valence-corrected chi connectivity index (χ0v) is 22.5. The minimum atomic E-state index is -0.601. The molecule has 1 saturated heterocycles. The number of nitrogens with zero attached hydrogens (tertiary/aromatic N) is 3. The second kappa shape index (κ2) is 12.1. The van der Waals surface area contributed by atoms with Gasteiger partial charge in [0.2, 0.25) is 0 Å². The normalized spacial score (nSPS) is 18.3. The fourth-order valence-electron chi connectivity index (χ4n) is 4.93. The van der Waals surface area contributed by atoms with E-state index in [-0.39, 0.29) is 18.5 Å². The van der Waals surface area contributed by atoms with Gasteiger partial charge < -0.3 is 19.7 Å². The number of rotatable bonds is 8. The van der Waals surface area contributed by atoms with Crippen molar-refractivity contribution in [1.82, 2.24) is 20.0 Å². The summed E-state index contributed by atoms with van der Waals surface area (Å²) in [7, 11) is 1.58. The monoisotopic (exact) mass is 520 g/mol. The van der Waals surface area contributed by atoms with Crippen LogP contribution in [0.15, 0.2) is 59.8 Å². The predicted octanol–water partition coefficient (Wildman–Crippen LogP) is 3.37. The van der Waals surface area contributed by atoms with Crippen LogP contribution in [0.1, 0.15) is 41.4 Å². The lowest BCUT2D eigenvalue weighted by Gasteiger charge is -2.40. The molecule has 2 aliphatic rings. The van der Waals surface area contributed by atoms with Crippen LogP contribution in [0.4, 0.5) is 4.79 Å². The number of nitrogens with one attached hydrogen (secondary N) is 1. The van der Waals surface area contributed by atoms with E-state index in [9.17, 15) is 14.4 Å². The standard InChI is InChI=1S/C29H36N4O5/c1-5-33-24(19-31-14-16-32(17-15-31)27(34)22-8-7-9-23(18-22)37-4)25(28(35)38-6-2)26(30-29(33)36)21-12-10-20(3)11-13-21/h7-13,18,26H,5-6,14-17,19H2,1-4H3,(H,30,36). The largest absolute Gasteiger partial charge is 0.497 e. The van der Waals surface area contributed by atoms with E-state index in [1.807, 2.05) is 55.1 Å². The minimum absolute atomic E-state index is 0.0401. The number of carbonyl (C=O) groups is 3. The van der Waals surface area contributed by atoms with E-state index in [2.05, 4.69) is 10.2 Å². The number of aryl methyl sites for hydroxylation is 1. The highest BCUT2D eigenvalue weighted by atomic mass is 16.5. The Morgan fingerprint density at radius 2 is 1.74 bits per heavy atom. The van der Waals surface area contributed by atoms with Crippen molar-refractivity contribution in [2.24, 2.45) is 0 Å². The molecule has 2 aliphatic heterocycles. The van der Waals surface area contributed by atoms with E-state index in [0.29, 0.717) is 61.9 Å². The first-order valence-electron chi connectivity index (χ1n) is 13.1. The molecule has 0 bridgehead atoms. The molecule has 1 N–H and O–H groups in total. The molecule has 4 rings (SSSR count). The van der Waals surface area contributed by atoms with E-state index in [4.69, 9.17) is 9.47 Å². The summed E-state index contributed by atoms with van der Waals surface area (Å²) in [5.74, 6) is 0.172. The van der Waals surface area contributed by atoms with E-state index in [0.717, 1.165) is 11.1 Å². The molecule has 3 amide bonds. The van der Waals surface area contributed by atoms with E-state index in [1.165, 1.54) is 0 Å². The van der Waals surface area contributed by atoms with Crippen LogP contribution in [-0.2, 0) is 9.53 Å². The first kappa shape index (κ1) is 27.2. The number of hydrogen-bond acceptors (Lipinski definition) is 6. The molecule has 2 aromatic rings. The first-order valence-corrected chi connectivity index (χ1v) is 13.1. The van der Waals surface area contributed by atoms with Crippen LogP contribution in [0.25, 0.3) is 0 Å². The third-order valence-electron chi connectivity index (χ3n) is 7.01. The van der Waals surface area contributed by atoms with Crippen LogP contribution >= 0.6 is 0 Å². The number of urea groups is 1. The molecule has 202 valence electrons. The number of hydrogen-bond donors (Lipinski definition) is 1. The summed E-state index contributed by atoms with van der Waals surface area (Å²) >= 11 is 0. The Morgan fingerprint density at radius 3 is 2.37 bits per heavy atom. The molecular formula is C29H36N4O5. The predicted molar refractivity (Wildman–Crippen MR) is 144 cm³/mol. The summed E-state index contributed by atoms with van der Waals surface area (Å²) in [5, 5.41) is 3.01. The third kappa shape index (κ3) is 5.83. The van der Waals surface area contributed by atoms with Gasteiger partial charge in [0.25, 0.3) is 5.91 Å². The lowest BCUT2D eigenvalue weighted by atomic mass is 9.93. The third-order valence-corrected chi connectivity index (χ3v) is 7.01. The molecule has 0 saturated carbocycles. The van der Waals surface area contributed by atoms with Gasteiger partial charge in [0.15, 0.2) is 0 Å². The summed E-state index contributed by atoms with van der Waals surface area (Å²) in [4.78, 5) is 45.1. The van der Waals surface area contributed by atoms with Crippen LogP contribution in [0.2, 0.25) is 0 Å². The molecule has 1 atom stereocenters. The van der Waals surface area contributed by atoms with Crippen molar-refractivity contribution in [3.63, 3.8) is 0 Å². The van der Waals surface area contributed by atoms with Gasteiger partial charge in [-0.25, -0.2) is 9.59 Å². The summed E-state index contributed by atoms with van der Waals surface area (Å²) in [5.41, 5.74) is 3.61. The lowest BCUT2D eigenvalue weighted by Crippen LogP contribution is -2.53. The van der Waals surface area contributed by atoms with Gasteiger partial charge >= 0.3 is 12.0 Å². The average molecular weight is 521 g/mol. The number of piperazine rings is 1. The molecule has 0 spiro atoms. The van der Waals surface area contributed by atoms with Crippen molar-refractivity contribution in [2.45, 2.75) is 26.8 Å². The summed E-state index contributed by atoms with van der Waals surface area (Å²) in [6.07, 6.45) is 0. The molecule has 2 heterocycles. The van der Waals surface area contributed by atoms with Crippen molar-refractivity contribution in [3.05, 3.63) is 76.5 Å². The summed E-state index contributed by atoms with van der Waals surface area (Å²) < 4.78 is 10.7. The van der Waals surface area contributed by atoms with Gasteiger partial charge in [0, 0.05) is 50.5 Å². The topological polar surface area (TPSA) is 91.4 Å². The number of benzene rings is 2. The maximum atomic E-state index is 13.3. The van der Waals surface area contributed by atoms with E-state index in [1.54, 1.807) is 31.1 Å². The molecular weight excluding hydrogens is 484 g/mol. The highest BCUT2D eigenvalue weighted by Gasteiger charge is 2.38. The second-order valence-corrected chi connectivity index (χ2v) is 9.42. The number of carbonyl (C=O) groups excluding carboxylic acids is 3. The van der Waals surface area contributed by atoms with E-state index < -0.39 is 12.0 Å². The van der Waals surface area contributed by atoms with Gasteiger partial charge in [-0.2, -0.15) is 0 Å². The summed E-state index contributed by atoms with van der Waals surface area (Å²) in [6, 6.07) is 14.1. The Morgan fingerprint density at radius 1 is 1.03 bits per heavy atom. The maximum Gasteiger partial charge on any atom is 0.338 e. The Balaban J connectivity index is 1.57. The van der Waals surface area contributed by atoms with Crippen LogP contribution in [0.5, 0.6) is 5.75 Å². The van der Waals surface area contributed by atoms with Crippen LogP contribution in [-0.4, -0.2) is 85.6 Å². The van der Waals surface area contributed by atoms with Crippen molar-refractivity contribution < 1.29 is 23.9 Å². The molecule has 38 heavy (non-hydrogen) atoms. The Bertz CT molecular complexity index is 1200. The number of likely N-dealkylation sites (N-methyl/N-ethyl adjacent to an activating group) is 1. The number of esters is 1. The number of ether oxygens (including phenoxy) is 2. The molecule has 9 heteroatoms. The Kier molecular flexibility index (Phi) is 8.68. The molecule has 1 fully saturated rings. The summed E-state index contributed by atoms with van der Waals surface area (Å²) in [6.45, 7) is 9.02. The van der Waals surface area contributed by atoms with Gasteiger partial charge in [-0.3, -0.25) is 14.6 Å². The van der Waals surface area contributed by atoms with Gasteiger partial charge in [-0.1, -0.05) is 35.9 Å². The molecule has 1 unspecified atom stereocenters. The zero-order valence-electron chi connectivity index (χ0n) is 22.5. The highest BCUT2D eigenvalue weighted by Crippen LogP contribution is 2.32. The average Bonchev–Trinajstić information content (AvgIpc) is 2.93. The van der Waals surface area contributed by atoms with Crippen LogP contribution < -0.4 is 10.1 Å². The van der Waals surface area contributed by atoms with Crippen molar-refractivity contribution >= 4 is 17.9 Å². The molecule has 2 aromatic carbocycles. The SMILES string of the molecule is CCOC(=O)C1=C(CN2CCN(C(=O)c3cccc(OC)c3)CC2)N(CC)C(=O)NC1c1ccc(C)cc1. The fraction of sp³-hybridized carbons (Fsp3) is 0.414. The Hall–Kier alpha value is -3.85. The number of amides is 3. The van der Waals surface area contributed by atoms with Gasteiger partial charge in [0.05, 0.1) is 25.3 Å². The molecule has 0 aromatic heterocycles. The minimum Gasteiger partial charge on any atom is -0.497 e. The van der Waals surface area contributed by atoms with E-state index >= 15 is 0 Å². The van der Waals surface area contributed by atoms with Crippen molar-refractivity contribution in [3.8, 4) is 5.75 Å². The van der Waals surface area contributed by atoms with Gasteiger partial charge in [-0.05, 0) is 44.5 Å².